The number of benzene rings is 1. The number of Topliss-reactive ketones (excluding diaryl/α,β-unsaturated/α-hetero) is 1. The van der Waals surface area contributed by atoms with Crippen molar-refractivity contribution < 1.29 is 4.79 Å². The summed E-state index contributed by atoms with van der Waals surface area (Å²) in [6.07, 6.45) is 0. The van der Waals surface area contributed by atoms with Gasteiger partial charge in [0, 0.05) is 10.6 Å². The molecular formula is C11H14ClNO. The Morgan fingerprint density at radius 3 is 2.50 bits per heavy atom. The van der Waals surface area contributed by atoms with Crippen LogP contribution in [0.3, 0.4) is 0 Å². The van der Waals surface area contributed by atoms with Crippen LogP contribution in [-0.2, 0) is 0 Å². The van der Waals surface area contributed by atoms with Crippen LogP contribution in [0.25, 0.3) is 0 Å². The minimum Gasteiger partial charge on any atom is -0.321 e. The van der Waals surface area contributed by atoms with E-state index < -0.39 is 6.04 Å². The second kappa shape index (κ2) is 4.11. The maximum absolute atomic E-state index is 11.8. The summed E-state index contributed by atoms with van der Waals surface area (Å²) >= 11 is 5.94. The summed E-state index contributed by atoms with van der Waals surface area (Å²) in [5.74, 6) is -0.0532. The summed E-state index contributed by atoms with van der Waals surface area (Å²) in [4.78, 5) is 11.8. The first-order valence-corrected chi connectivity index (χ1v) is 4.88. The van der Waals surface area contributed by atoms with Gasteiger partial charge in [0.1, 0.15) is 0 Å². The lowest BCUT2D eigenvalue weighted by atomic mass is 9.96. The number of carbonyl (C=O) groups is 1. The molecule has 1 aromatic rings. The highest BCUT2D eigenvalue weighted by Crippen LogP contribution is 2.23. The summed E-state index contributed by atoms with van der Waals surface area (Å²) in [5.41, 5.74) is 7.96. The molecule has 0 saturated heterocycles. The van der Waals surface area contributed by atoms with E-state index in [1.807, 2.05) is 19.9 Å². The number of carbonyl (C=O) groups excluding carboxylic acids is 1. The molecule has 0 aliphatic heterocycles. The van der Waals surface area contributed by atoms with Crippen molar-refractivity contribution in [3.63, 3.8) is 0 Å². The lowest BCUT2D eigenvalue weighted by molar-refractivity contribution is 0.0967. The van der Waals surface area contributed by atoms with Gasteiger partial charge in [0.25, 0.3) is 0 Å². The number of aryl methyl sites for hydroxylation is 1. The lowest BCUT2D eigenvalue weighted by Crippen LogP contribution is -2.28. The monoisotopic (exact) mass is 211 g/mol. The highest BCUT2D eigenvalue weighted by molar-refractivity contribution is 6.32. The molecule has 76 valence electrons. The molecule has 0 spiro atoms. The first-order valence-electron chi connectivity index (χ1n) is 4.50. The van der Waals surface area contributed by atoms with Crippen LogP contribution in [-0.4, -0.2) is 11.8 Å². The van der Waals surface area contributed by atoms with E-state index >= 15 is 0 Å². The van der Waals surface area contributed by atoms with Gasteiger partial charge in [0.05, 0.1) is 6.04 Å². The summed E-state index contributed by atoms with van der Waals surface area (Å²) < 4.78 is 0. The first kappa shape index (κ1) is 11.2. The van der Waals surface area contributed by atoms with Gasteiger partial charge in [-0.1, -0.05) is 17.7 Å². The van der Waals surface area contributed by atoms with E-state index in [2.05, 4.69) is 0 Å². The van der Waals surface area contributed by atoms with Crippen molar-refractivity contribution >= 4 is 17.4 Å². The van der Waals surface area contributed by atoms with E-state index in [1.165, 1.54) is 0 Å². The SMILES string of the molecule is Cc1ccc(Cl)c(C)c1C(=O)C(C)N. The smallest absolute Gasteiger partial charge is 0.179 e. The van der Waals surface area contributed by atoms with Crippen molar-refractivity contribution in [3.8, 4) is 0 Å². The average Bonchev–Trinajstić information content (AvgIpc) is 2.12. The third kappa shape index (κ3) is 1.97. The zero-order chi connectivity index (χ0) is 10.9. The fourth-order valence-electron chi connectivity index (χ4n) is 1.43. The van der Waals surface area contributed by atoms with E-state index in [0.29, 0.717) is 10.6 Å². The van der Waals surface area contributed by atoms with E-state index in [1.54, 1.807) is 13.0 Å². The first-order chi connectivity index (χ1) is 6.45. The molecule has 14 heavy (non-hydrogen) atoms. The topological polar surface area (TPSA) is 43.1 Å². The van der Waals surface area contributed by atoms with Gasteiger partial charge in [-0.05, 0) is 38.0 Å². The Labute approximate surface area is 89.1 Å². The van der Waals surface area contributed by atoms with Gasteiger partial charge in [-0.25, -0.2) is 0 Å². The number of rotatable bonds is 2. The molecule has 0 heterocycles. The van der Waals surface area contributed by atoms with Crippen molar-refractivity contribution in [2.75, 3.05) is 0 Å². The van der Waals surface area contributed by atoms with Crippen LogP contribution in [0, 0.1) is 13.8 Å². The number of nitrogens with two attached hydrogens (primary N) is 1. The average molecular weight is 212 g/mol. The van der Waals surface area contributed by atoms with Crippen LogP contribution in [0.15, 0.2) is 12.1 Å². The molecule has 0 amide bonds. The molecular weight excluding hydrogens is 198 g/mol. The molecule has 0 radical (unpaired) electrons. The van der Waals surface area contributed by atoms with E-state index in [4.69, 9.17) is 17.3 Å². The Hall–Kier alpha value is -0.860. The summed E-state index contributed by atoms with van der Waals surface area (Å²) in [6, 6.07) is 3.15. The van der Waals surface area contributed by atoms with Crippen LogP contribution in [0.5, 0.6) is 0 Å². The molecule has 0 fully saturated rings. The van der Waals surface area contributed by atoms with Crippen LogP contribution in [0.1, 0.15) is 28.4 Å². The molecule has 0 aromatic heterocycles. The van der Waals surface area contributed by atoms with Crippen LogP contribution in [0.2, 0.25) is 5.02 Å². The molecule has 0 aliphatic carbocycles. The minimum atomic E-state index is -0.481. The van der Waals surface area contributed by atoms with Crippen molar-refractivity contribution in [2.45, 2.75) is 26.8 Å². The largest absolute Gasteiger partial charge is 0.321 e. The lowest BCUT2D eigenvalue weighted by Gasteiger charge is -2.12. The van der Waals surface area contributed by atoms with Crippen molar-refractivity contribution in [2.24, 2.45) is 5.73 Å². The Morgan fingerprint density at radius 2 is 2.00 bits per heavy atom. The Balaban J connectivity index is 3.33. The number of hydrogen-bond acceptors (Lipinski definition) is 2. The molecule has 0 aliphatic rings. The van der Waals surface area contributed by atoms with Gasteiger partial charge in [-0.15, -0.1) is 0 Å². The molecule has 0 saturated carbocycles. The second-order valence-electron chi connectivity index (χ2n) is 3.52. The maximum atomic E-state index is 11.8. The van der Waals surface area contributed by atoms with E-state index in [-0.39, 0.29) is 5.78 Å². The molecule has 1 atom stereocenters. The van der Waals surface area contributed by atoms with Crippen molar-refractivity contribution in [1.82, 2.24) is 0 Å². The molecule has 1 unspecified atom stereocenters. The molecule has 1 rings (SSSR count). The van der Waals surface area contributed by atoms with Gasteiger partial charge < -0.3 is 5.73 Å². The van der Waals surface area contributed by atoms with Gasteiger partial charge in [-0.2, -0.15) is 0 Å². The quantitative estimate of drug-likeness (QED) is 0.764. The number of hydrogen-bond donors (Lipinski definition) is 1. The van der Waals surface area contributed by atoms with Gasteiger partial charge in [0.15, 0.2) is 5.78 Å². The molecule has 2 nitrogen and oxygen atoms in total. The fourth-order valence-corrected chi connectivity index (χ4v) is 1.59. The number of halogens is 1. The Morgan fingerprint density at radius 1 is 1.43 bits per heavy atom. The normalized spacial score (nSPS) is 12.6. The van der Waals surface area contributed by atoms with Gasteiger partial charge >= 0.3 is 0 Å². The zero-order valence-corrected chi connectivity index (χ0v) is 9.35. The molecule has 0 bridgehead atoms. The summed E-state index contributed by atoms with van der Waals surface area (Å²) in [6.45, 7) is 5.41. The molecule has 1 aromatic carbocycles. The number of ketones is 1. The summed E-state index contributed by atoms with van der Waals surface area (Å²) in [7, 11) is 0. The highest BCUT2D eigenvalue weighted by Gasteiger charge is 2.17. The third-order valence-electron chi connectivity index (χ3n) is 2.27. The standard InChI is InChI=1S/C11H14ClNO/c1-6-4-5-9(12)7(2)10(6)11(14)8(3)13/h4-5,8H,13H2,1-3H3. The predicted molar refractivity (Wildman–Crippen MR) is 58.9 cm³/mol. The Bertz CT molecular complexity index is 372. The summed E-state index contributed by atoms with van der Waals surface area (Å²) in [5, 5.41) is 0.611. The Kier molecular flexibility index (Phi) is 3.29. The van der Waals surface area contributed by atoms with Gasteiger partial charge in [0.2, 0.25) is 0 Å². The highest BCUT2D eigenvalue weighted by atomic mass is 35.5. The van der Waals surface area contributed by atoms with Crippen LogP contribution in [0.4, 0.5) is 0 Å². The van der Waals surface area contributed by atoms with Crippen molar-refractivity contribution in [1.29, 1.82) is 0 Å². The maximum Gasteiger partial charge on any atom is 0.179 e. The van der Waals surface area contributed by atoms with E-state index in [9.17, 15) is 4.79 Å². The van der Waals surface area contributed by atoms with Crippen molar-refractivity contribution in [3.05, 3.63) is 33.8 Å². The fraction of sp³-hybridized carbons (Fsp3) is 0.364. The van der Waals surface area contributed by atoms with Crippen LogP contribution < -0.4 is 5.73 Å². The van der Waals surface area contributed by atoms with Crippen LogP contribution >= 0.6 is 11.6 Å². The zero-order valence-electron chi connectivity index (χ0n) is 8.60. The van der Waals surface area contributed by atoms with Gasteiger partial charge in [-0.3, -0.25) is 4.79 Å². The minimum absolute atomic E-state index is 0.0532. The molecule has 3 heteroatoms. The predicted octanol–water partition coefficient (Wildman–Crippen LogP) is 2.49. The van der Waals surface area contributed by atoms with E-state index in [0.717, 1.165) is 11.1 Å². The third-order valence-corrected chi connectivity index (χ3v) is 2.68. The molecule has 2 N–H and O–H groups in total. The second-order valence-corrected chi connectivity index (χ2v) is 3.92.